The average Bonchev–Trinajstić information content (AvgIpc) is 3.49. The molecule has 0 aromatic heterocycles. The Morgan fingerprint density at radius 2 is 1.63 bits per heavy atom. The molecular weight excluding hydrogens is 462 g/mol. The van der Waals surface area contributed by atoms with Crippen molar-refractivity contribution in [1.29, 1.82) is 0 Å². The van der Waals surface area contributed by atoms with Crippen molar-refractivity contribution in [3.63, 3.8) is 0 Å². The number of hydrogen-bond donors (Lipinski definition) is 2. The topological polar surface area (TPSA) is 94.1 Å². The van der Waals surface area contributed by atoms with Crippen LogP contribution < -0.4 is 10.6 Å². The maximum atomic E-state index is 12.6. The Labute approximate surface area is 210 Å². The first-order chi connectivity index (χ1) is 16.9. The Morgan fingerprint density at radius 3 is 2.29 bits per heavy atom. The fraction of sp³-hybridized carbons (Fsp3) is 0.385. The van der Waals surface area contributed by atoms with Gasteiger partial charge in [0.1, 0.15) is 5.25 Å². The van der Waals surface area contributed by atoms with Crippen molar-refractivity contribution >= 4 is 46.0 Å². The first kappa shape index (κ1) is 24.9. The highest BCUT2D eigenvalue weighted by Gasteiger charge is 2.33. The van der Waals surface area contributed by atoms with Crippen molar-refractivity contribution < 1.29 is 14.4 Å². The number of nitrogens with zero attached hydrogens (tertiary/aromatic N) is 3. The smallest absolute Gasteiger partial charge is 0.262 e. The number of hydrogen-bond acceptors (Lipinski definition) is 6. The summed E-state index contributed by atoms with van der Waals surface area (Å²) in [6, 6.07) is 14.5. The summed E-state index contributed by atoms with van der Waals surface area (Å²) in [5.74, 6) is -0.714. The van der Waals surface area contributed by atoms with Crippen LogP contribution in [0.3, 0.4) is 0 Å². The predicted octanol–water partition coefficient (Wildman–Crippen LogP) is 3.47. The summed E-state index contributed by atoms with van der Waals surface area (Å²) in [6.45, 7) is 2.80. The van der Waals surface area contributed by atoms with Crippen LogP contribution in [0.4, 0.5) is 11.4 Å². The molecule has 2 aliphatic heterocycles. The monoisotopic (exact) mass is 493 g/mol. The molecule has 184 valence electrons. The summed E-state index contributed by atoms with van der Waals surface area (Å²) in [5, 5.41) is 5.97. The number of thioether (sulfide) groups is 1. The molecular formula is C26H31N5O3S. The van der Waals surface area contributed by atoms with E-state index in [1.165, 1.54) is 17.3 Å². The largest absolute Gasteiger partial charge is 0.351 e. The van der Waals surface area contributed by atoms with E-state index in [9.17, 15) is 14.4 Å². The van der Waals surface area contributed by atoms with Gasteiger partial charge in [0.15, 0.2) is 5.17 Å². The zero-order chi connectivity index (χ0) is 24.8. The van der Waals surface area contributed by atoms with Gasteiger partial charge in [-0.2, -0.15) is 4.99 Å². The lowest BCUT2D eigenvalue weighted by Gasteiger charge is -2.16. The van der Waals surface area contributed by atoms with E-state index in [4.69, 9.17) is 0 Å². The van der Waals surface area contributed by atoms with Gasteiger partial charge in [-0.15, -0.1) is 0 Å². The van der Waals surface area contributed by atoms with E-state index in [-0.39, 0.29) is 24.1 Å². The van der Waals surface area contributed by atoms with Gasteiger partial charge in [-0.05, 0) is 75.3 Å². The molecule has 2 heterocycles. The summed E-state index contributed by atoms with van der Waals surface area (Å²) in [4.78, 5) is 45.7. The second kappa shape index (κ2) is 11.5. The molecule has 2 aromatic carbocycles. The number of rotatable bonds is 8. The minimum atomic E-state index is -0.482. The quantitative estimate of drug-likeness (QED) is 0.585. The Hall–Kier alpha value is -3.17. The number of likely N-dealkylation sites (tertiary alicyclic amines) is 1. The molecule has 3 amide bonds. The molecule has 35 heavy (non-hydrogen) atoms. The van der Waals surface area contributed by atoms with Crippen LogP contribution in [0, 0.1) is 0 Å². The van der Waals surface area contributed by atoms with E-state index in [0.717, 1.165) is 49.8 Å². The standard InChI is InChI=1S/C26H31N5O3S/c1-30(2)16-13-18-5-9-21(10-6-18)28-24(33)19-7-11-20(12-8-19)27-23(32)17-22-25(34)29-26(35-22)31-14-3-4-15-31/h5-12,22H,3-4,13-17H2,1-2H3,(H,27,32)(H,28,33). The minimum Gasteiger partial charge on any atom is -0.351 e. The maximum Gasteiger partial charge on any atom is 0.262 e. The molecule has 1 fully saturated rings. The van der Waals surface area contributed by atoms with Crippen LogP contribution in [0.2, 0.25) is 0 Å². The molecule has 0 radical (unpaired) electrons. The Kier molecular flexibility index (Phi) is 8.20. The van der Waals surface area contributed by atoms with Gasteiger partial charge >= 0.3 is 0 Å². The van der Waals surface area contributed by atoms with Gasteiger partial charge in [-0.3, -0.25) is 14.4 Å². The summed E-state index contributed by atoms with van der Waals surface area (Å²) < 4.78 is 0. The normalized spacial score (nSPS) is 17.6. The summed E-state index contributed by atoms with van der Waals surface area (Å²) in [7, 11) is 4.08. The number of amidine groups is 1. The third-order valence-electron chi connectivity index (χ3n) is 5.97. The van der Waals surface area contributed by atoms with E-state index in [1.807, 2.05) is 38.4 Å². The molecule has 0 aliphatic carbocycles. The van der Waals surface area contributed by atoms with Crippen molar-refractivity contribution in [3.8, 4) is 0 Å². The first-order valence-corrected chi connectivity index (χ1v) is 12.7. The molecule has 9 heteroatoms. The van der Waals surface area contributed by atoms with Crippen LogP contribution in [0.1, 0.15) is 35.2 Å². The third-order valence-corrected chi connectivity index (χ3v) is 7.18. The molecule has 1 saturated heterocycles. The summed E-state index contributed by atoms with van der Waals surface area (Å²) >= 11 is 1.38. The summed E-state index contributed by atoms with van der Waals surface area (Å²) in [5.41, 5.74) is 3.02. The number of amides is 3. The number of carbonyl (C=O) groups excluding carboxylic acids is 3. The Bertz CT molecular complexity index is 1090. The van der Waals surface area contributed by atoms with Gasteiger partial charge in [0.05, 0.1) is 0 Å². The number of carbonyl (C=O) groups is 3. The maximum absolute atomic E-state index is 12.6. The van der Waals surface area contributed by atoms with Crippen molar-refractivity contribution in [3.05, 3.63) is 59.7 Å². The Morgan fingerprint density at radius 1 is 1.00 bits per heavy atom. The lowest BCUT2D eigenvalue weighted by molar-refractivity contribution is -0.121. The first-order valence-electron chi connectivity index (χ1n) is 11.9. The van der Waals surface area contributed by atoms with E-state index < -0.39 is 5.25 Å². The second-order valence-electron chi connectivity index (χ2n) is 9.07. The van der Waals surface area contributed by atoms with Crippen LogP contribution >= 0.6 is 11.8 Å². The van der Waals surface area contributed by atoms with Crippen molar-refractivity contribution in [2.24, 2.45) is 4.99 Å². The van der Waals surface area contributed by atoms with Crippen LogP contribution in [-0.4, -0.2) is 71.7 Å². The average molecular weight is 494 g/mol. The van der Waals surface area contributed by atoms with E-state index in [1.54, 1.807) is 24.3 Å². The van der Waals surface area contributed by atoms with Crippen LogP contribution in [-0.2, 0) is 16.0 Å². The van der Waals surface area contributed by atoms with Gasteiger partial charge in [0.25, 0.3) is 11.8 Å². The van der Waals surface area contributed by atoms with Crippen molar-refractivity contribution in [1.82, 2.24) is 9.80 Å². The lowest BCUT2D eigenvalue weighted by atomic mass is 10.1. The van der Waals surface area contributed by atoms with E-state index in [2.05, 4.69) is 25.4 Å². The molecule has 2 aromatic rings. The van der Waals surface area contributed by atoms with Gasteiger partial charge in [-0.25, -0.2) is 0 Å². The molecule has 0 spiro atoms. The molecule has 1 unspecified atom stereocenters. The van der Waals surface area contributed by atoms with Crippen molar-refractivity contribution in [2.75, 3.05) is 44.4 Å². The van der Waals surface area contributed by atoms with Gasteiger partial charge in [-0.1, -0.05) is 23.9 Å². The fourth-order valence-corrected chi connectivity index (χ4v) is 5.07. The number of aliphatic imine (C=N–C) groups is 1. The molecule has 8 nitrogen and oxygen atoms in total. The van der Waals surface area contributed by atoms with E-state index >= 15 is 0 Å². The van der Waals surface area contributed by atoms with Gasteiger partial charge < -0.3 is 20.4 Å². The van der Waals surface area contributed by atoms with Crippen LogP contribution in [0.25, 0.3) is 0 Å². The van der Waals surface area contributed by atoms with Gasteiger partial charge in [0, 0.05) is 43.0 Å². The van der Waals surface area contributed by atoms with Crippen molar-refractivity contribution in [2.45, 2.75) is 30.9 Å². The van der Waals surface area contributed by atoms with Gasteiger partial charge in [0.2, 0.25) is 5.91 Å². The Balaban J connectivity index is 1.25. The molecule has 2 N–H and O–H groups in total. The zero-order valence-electron chi connectivity index (χ0n) is 20.1. The minimum absolute atomic E-state index is 0.0666. The number of benzene rings is 2. The predicted molar refractivity (Wildman–Crippen MR) is 141 cm³/mol. The molecule has 4 rings (SSSR count). The highest BCUT2D eigenvalue weighted by molar-refractivity contribution is 8.15. The molecule has 0 bridgehead atoms. The number of anilines is 2. The number of likely N-dealkylation sites (N-methyl/N-ethyl adjacent to an activating group) is 1. The van der Waals surface area contributed by atoms with Crippen LogP contribution in [0.5, 0.6) is 0 Å². The van der Waals surface area contributed by atoms with Crippen LogP contribution in [0.15, 0.2) is 53.5 Å². The molecule has 0 saturated carbocycles. The number of nitrogens with one attached hydrogen (secondary N) is 2. The third kappa shape index (κ3) is 6.93. The highest BCUT2D eigenvalue weighted by atomic mass is 32.2. The summed E-state index contributed by atoms with van der Waals surface area (Å²) in [6.07, 6.45) is 3.23. The van der Waals surface area contributed by atoms with E-state index in [0.29, 0.717) is 11.3 Å². The lowest BCUT2D eigenvalue weighted by Crippen LogP contribution is -2.25. The molecule has 2 aliphatic rings. The zero-order valence-corrected chi connectivity index (χ0v) is 20.9. The fourth-order valence-electron chi connectivity index (χ4n) is 3.95. The molecule has 1 atom stereocenters. The highest BCUT2D eigenvalue weighted by Crippen LogP contribution is 2.29. The second-order valence-corrected chi connectivity index (χ2v) is 10.2. The SMILES string of the molecule is CN(C)CCc1ccc(NC(=O)c2ccc(NC(=O)CC3SC(N4CCCC4)=NC3=O)cc2)cc1.